The Hall–Kier alpha value is -3.27. The molecule has 0 bridgehead atoms. The number of aryl methyl sites for hydroxylation is 1. The maximum atomic E-state index is 13.1. The molecule has 0 aliphatic carbocycles. The summed E-state index contributed by atoms with van der Waals surface area (Å²) in [6.07, 6.45) is 1.64. The zero-order chi connectivity index (χ0) is 20.2. The third-order valence-electron chi connectivity index (χ3n) is 5.46. The van der Waals surface area contributed by atoms with Gasteiger partial charge in [0.05, 0.1) is 0 Å². The summed E-state index contributed by atoms with van der Waals surface area (Å²) in [5.74, 6) is -0.148. The zero-order valence-electron chi connectivity index (χ0n) is 16.5. The van der Waals surface area contributed by atoms with Crippen molar-refractivity contribution in [2.45, 2.75) is 19.8 Å². The van der Waals surface area contributed by atoms with Gasteiger partial charge in [-0.05, 0) is 43.0 Å². The molecule has 2 heterocycles. The van der Waals surface area contributed by atoms with E-state index in [2.05, 4.69) is 17.1 Å². The van der Waals surface area contributed by atoms with Crippen LogP contribution in [-0.4, -0.2) is 34.7 Å². The first-order valence-electron chi connectivity index (χ1n) is 10.0. The van der Waals surface area contributed by atoms with E-state index >= 15 is 0 Å². The minimum absolute atomic E-state index is 0.0920. The van der Waals surface area contributed by atoms with Crippen LogP contribution in [0.1, 0.15) is 39.4 Å². The lowest BCUT2D eigenvalue weighted by Gasteiger charge is -2.32. The van der Waals surface area contributed by atoms with E-state index in [-0.39, 0.29) is 17.6 Å². The lowest BCUT2D eigenvalue weighted by molar-refractivity contribution is 0.0632. The first-order chi connectivity index (χ1) is 14.1. The Morgan fingerprint density at radius 1 is 0.897 bits per heavy atom. The van der Waals surface area contributed by atoms with Gasteiger partial charge in [0, 0.05) is 30.3 Å². The van der Waals surface area contributed by atoms with Crippen molar-refractivity contribution in [2.75, 3.05) is 13.1 Å². The molecule has 3 aromatic rings. The molecule has 1 aromatic heterocycles. The highest BCUT2D eigenvalue weighted by atomic mass is 16.2. The highest BCUT2D eigenvalue weighted by Gasteiger charge is 2.30. The van der Waals surface area contributed by atoms with Gasteiger partial charge in [-0.3, -0.25) is 9.59 Å². The average Bonchev–Trinajstić information content (AvgIpc) is 2.79. The fraction of sp³-hybridized carbons (Fsp3) is 0.240. The van der Waals surface area contributed by atoms with E-state index in [0.29, 0.717) is 24.3 Å². The van der Waals surface area contributed by atoms with Gasteiger partial charge >= 0.3 is 0 Å². The number of aromatic nitrogens is 1. The molecular weight excluding hydrogens is 360 g/mol. The maximum Gasteiger partial charge on any atom is 0.272 e. The van der Waals surface area contributed by atoms with Crippen LogP contribution in [0.2, 0.25) is 0 Å². The highest BCUT2D eigenvalue weighted by molar-refractivity contribution is 5.99. The van der Waals surface area contributed by atoms with Crippen molar-refractivity contribution in [1.29, 1.82) is 0 Å². The Labute approximate surface area is 171 Å². The van der Waals surface area contributed by atoms with Crippen LogP contribution in [0, 0.1) is 12.8 Å². The van der Waals surface area contributed by atoms with Gasteiger partial charge < -0.3 is 4.90 Å². The topological polar surface area (TPSA) is 50.3 Å². The van der Waals surface area contributed by atoms with E-state index in [0.717, 1.165) is 29.7 Å². The summed E-state index contributed by atoms with van der Waals surface area (Å²) in [6, 6.07) is 23.3. The molecule has 4 heteroatoms. The molecule has 0 saturated carbocycles. The number of piperidine rings is 1. The number of ketones is 1. The van der Waals surface area contributed by atoms with Crippen LogP contribution in [0.5, 0.6) is 0 Å². The molecule has 1 saturated heterocycles. The van der Waals surface area contributed by atoms with Crippen molar-refractivity contribution in [3.05, 3.63) is 89.7 Å². The van der Waals surface area contributed by atoms with Gasteiger partial charge in [0.2, 0.25) is 0 Å². The Bertz CT molecular complexity index is 1010. The van der Waals surface area contributed by atoms with Crippen LogP contribution < -0.4 is 0 Å². The van der Waals surface area contributed by atoms with Crippen LogP contribution in [-0.2, 0) is 0 Å². The maximum absolute atomic E-state index is 13.1. The van der Waals surface area contributed by atoms with Crippen molar-refractivity contribution in [2.24, 2.45) is 5.92 Å². The molecule has 1 aliphatic rings. The van der Waals surface area contributed by atoms with E-state index in [4.69, 9.17) is 0 Å². The Kier molecular flexibility index (Phi) is 5.52. The monoisotopic (exact) mass is 384 g/mol. The summed E-state index contributed by atoms with van der Waals surface area (Å²) < 4.78 is 0. The molecule has 0 spiro atoms. The van der Waals surface area contributed by atoms with E-state index in [9.17, 15) is 9.59 Å². The highest BCUT2D eigenvalue weighted by Crippen LogP contribution is 2.24. The number of carbonyl (C=O) groups is 2. The number of Topliss-reactive ketones (excluding diaryl/α,β-unsaturated/α-hetero) is 1. The molecule has 1 atom stereocenters. The number of carbonyl (C=O) groups excluding carboxylic acids is 2. The summed E-state index contributed by atoms with van der Waals surface area (Å²) in [4.78, 5) is 32.0. The number of rotatable bonds is 4. The molecule has 4 rings (SSSR count). The van der Waals surface area contributed by atoms with Gasteiger partial charge in [0.15, 0.2) is 5.78 Å². The summed E-state index contributed by atoms with van der Waals surface area (Å²) in [5, 5.41) is 0. The second-order valence-electron chi connectivity index (χ2n) is 7.56. The molecule has 0 radical (unpaired) electrons. The number of likely N-dealkylation sites (tertiary alicyclic amines) is 1. The number of hydrogen-bond acceptors (Lipinski definition) is 3. The van der Waals surface area contributed by atoms with Crippen LogP contribution in [0.25, 0.3) is 11.1 Å². The van der Waals surface area contributed by atoms with Gasteiger partial charge in [0.1, 0.15) is 5.69 Å². The fourth-order valence-electron chi connectivity index (χ4n) is 3.89. The molecule has 29 heavy (non-hydrogen) atoms. The third kappa shape index (κ3) is 4.27. The first-order valence-corrected chi connectivity index (χ1v) is 10.0. The van der Waals surface area contributed by atoms with Gasteiger partial charge in [-0.1, -0.05) is 60.7 Å². The van der Waals surface area contributed by atoms with Gasteiger partial charge in [0.25, 0.3) is 5.91 Å². The second kappa shape index (κ2) is 8.39. The standard InChI is InChI=1S/C25H24N2O2/c1-18-7-5-11-23(26-18)25(29)27-16-6-10-22(17-27)24(28)21-14-12-20(13-15-21)19-8-3-2-4-9-19/h2-5,7-9,11-15,22H,6,10,16-17H2,1H3/t22-/m1/s1. The number of pyridine rings is 1. The van der Waals surface area contributed by atoms with Gasteiger partial charge in [-0.25, -0.2) is 4.98 Å². The van der Waals surface area contributed by atoms with Crippen molar-refractivity contribution >= 4 is 11.7 Å². The molecule has 1 amide bonds. The molecule has 1 aliphatic heterocycles. The summed E-state index contributed by atoms with van der Waals surface area (Å²) >= 11 is 0. The number of amides is 1. The first kappa shape index (κ1) is 19.1. The lowest BCUT2D eigenvalue weighted by Crippen LogP contribution is -2.42. The van der Waals surface area contributed by atoms with Gasteiger partial charge in [-0.15, -0.1) is 0 Å². The lowest BCUT2D eigenvalue weighted by atomic mass is 9.89. The Morgan fingerprint density at radius 3 is 2.34 bits per heavy atom. The molecule has 2 aromatic carbocycles. The van der Waals surface area contributed by atoms with Crippen molar-refractivity contribution in [3.63, 3.8) is 0 Å². The molecule has 146 valence electrons. The normalized spacial score (nSPS) is 16.4. The van der Waals surface area contributed by atoms with E-state index in [1.165, 1.54) is 0 Å². The number of benzene rings is 2. The minimum Gasteiger partial charge on any atom is -0.337 e. The average molecular weight is 384 g/mol. The van der Waals surface area contributed by atoms with Crippen LogP contribution in [0.4, 0.5) is 0 Å². The number of nitrogens with zero attached hydrogens (tertiary/aromatic N) is 2. The van der Waals surface area contributed by atoms with Crippen molar-refractivity contribution in [3.8, 4) is 11.1 Å². The zero-order valence-corrected chi connectivity index (χ0v) is 16.5. The predicted molar refractivity (Wildman–Crippen MR) is 114 cm³/mol. The molecule has 0 unspecified atom stereocenters. The van der Waals surface area contributed by atoms with Crippen LogP contribution in [0.3, 0.4) is 0 Å². The molecule has 0 N–H and O–H groups in total. The van der Waals surface area contributed by atoms with Crippen LogP contribution in [0.15, 0.2) is 72.8 Å². The SMILES string of the molecule is Cc1cccc(C(=O)N2CCC[C@@H](C(=O)c3ccc(-c4ccccc4)cc3)C2)n1. The Morgan fingerprint density at radius 2 is 1.62 bits per heavy atom. The molecule has 4 nitrogen and oxygen atoms in total. The largest absolute Gasteiger partial charge is 0.337 e. The number of hydrogen-bond donors (Lipinski definition) is 0. The third-order valence-corrected chi connectivity index (χ3v) is 5.46. The quantitative estimate of drug-likeness (QED) is 0.608. The minimum atomic E-state index is -0.167. The van der Waals surface area contributed by atoms with E-state index in [1.54, 1.807) is 11.0 Å². The van der Waals surface area contributed by atoms with Crippen molar-refractivity contribution in [1.82, 2.24) is 9.88 Å². The molecular formula is C25H24N2O2. The summed E-state index contributed by atoms with van der Waals surface area (Å²) in [5.41, 5.74) is 4.20. The smallest absolute Gasteiger partial charge is 0.272 e. The molecule has 1 fully saturated rings. The second-order valence-corrected chi connectivity index (χ2v) is 7.56. The fourth-order valence-corrected chi connectivity index (χ4v) is 3.89. The van der Waals surface area contributed by atoms with E-state index < -0.39 is 0 Å². The summed E-state index contributed by atoms with van der Waals surface area (Å²) in [6.45, 7) is 3.00. The van der Waals surface area contributed by atoms with E-state index in [1.807, 2.05) is 61.5 Å². The Balaban J connectivity index is 1.46. The van der Waals surface area contributed by atoms with Crippen molar-refractivity contribution < 1.29 is 9.59 Å². The van der Waals surface area contributed by atoms with Crippen LogP contribution >= 0.6 is 0 Å². The summed E-state index contributed by atoms with van der Waals surface area (Å²) in [7, 11) is 0. The predicted octanol–water partition coefficient (Wildman–Crippen LogP) is 4.79. The van der Waals surface area contributed by atoms with Gasteiger partial charge in [-0.2, -0.15) is 0 Å².